The second kappa shape index (κ2) is 6.41. The standard InChI is InChI=1S/C15H21N5S/c1-12-10-14(18-15(16)17-12)20-6-3-5-19(7-8-20)11-13-4-2-9-21-13/h2,4,9-10H,3,5-8,11H2,1H3,(H2,16,17,18). The fraction of sp³-hybridized carbons (Fsp3) is 0.467. The van der Waals surface area contributed by atoms with Crippen molar-refractivity contribution in [3.8, 4) is 0 Å². The lowest BCUT2D eigenvalue weighted by atomic mass is 10.3. The predicted octanol–water partition coefficient (Wildman–Crippen LogP) is 2.14. The van der Waals surface area contributed by atoms with Gasteiger partial charge in [0, 0.05) is 49.4 Å². The molecule has 1 aliphatic rings. The molecule has 3 rings (SSSR count). The summed E-state index contributed by atoms with van der Waals surface area (Å²) in [5.41, 5.74) is 6.69. The van der Waals surface area contributed by atoms with E-state index in [0.29, 0.717) is 5.95 Å². The fourth-order valence-electron chi connectivity index (χ4n) is 2.72. The molecule has 3 heterocycles. The van der Waals surface area contributed by atoms with Crippen LogP contribution in [-0.4, -0.2) is 41.0 Å². The van der Waals surface area contributed by atoms with Gasteiger partial charge in [-0.15, -0.1) is 11.3 Å². The van der Waals surface area contributed by atoms with Gasteiger partial charge in [0.15, 0.2) is 0 Å². The Bertz CT molecular complexity index is 564. The molecule has 1 saturated heterocycles. The molecule has 5 nitrogen and oxygen atoms in total. The van der Waals surface area contributed by atoms with Crippen molar-refractivity contribution >= 4 is 23.1 Å². The Kier molecular flexibility index (Phi) is 4.36. The second-order valence-corrected chi connectivity index (χ2v) is 6.45. The molecule has 0 bridgehead atoms. The highest BCUT2D eigenvalue weighted by Crippen LogP contribution is 2.18. The first-order valence-electron chi connectivity index (χ1n) is 7.31. The molecule has 0 spiro atoms. The van der Waals surface area contributed by atoms with Gasteiger partial charge >= 0.3 is 0 Å². The summed E-state index contributed by atoms with van der Waals surface area (Å²) in [6, 6.07) is 6.35. The van der Waals surface area contributed by atoms with E-state index in [1.54, 1.807) is 0 Å². The minimum Gasteiger partial charge on any atom is -0.368 e. The van der Waals surface area contributed by atoms with Gasteiger partial charge in [0.1, 0.15) is 5.82 Å². The summed E-state index contributed by atoms with van der Waals surface area (Å²) in [5, 5.41) is 2.14. The zero-order chi connectivity index (χ0) is 14.7. The van der Waals surface area contributed by atoms with Gasteiger partial charge in [-0.25, -0.2) is 4.98 Å². The number of nitrogens with two attached hydrogens (primary N) is 1. The van der Waals surface area contributed by atoms with E-state index in [9.17, 15) is 0 Å². The van der Waals surface area contributed by atoms with Gasteiger partial charge in [0.25, 0.3) is 0 Å². The Balaban J connectivity index is 1.65. The molecular formula is C15H21N5S. The van der Waals surface area contributed by atoms with Crippen LogP contribution in [0.3, 0.4) is 0 Å². The number of thiophene rings is 1. The Labute approximate surface area is 129 Å². The van der Waals surface area contributed by atoms with E-state index in [0.717, 1.165) is 50.7 Å². The van der Waals surface area contributed by atoms with Crippen molar-refractivity contribution in [3.63, 3.8) is 0 Å². The van der Waals surface area contributed by atoms with Crippen LogP contribution in [0.4, 0.5) is 11.8 Å². The SMILES string of the molecule is Cc1cc(N2CCCN(Cc3cccs3)CC2)nc(N)n1. The Morgan fingerprint density at radius 1 is 1.24 bits per heavy atom. The van der Waals surface area contributed by atoms with Crippen LogP contribution in [0.25, 0.3) is 0 Å². The highest BCUT2D eigenvalue weighted by atomic mass is 32.1. The summed E-state index contributed by atoms with van der Waals surface area (Å²) in [6.45, 7) is 7.21. The van der Waals surface area contributed by atoms with Crippen LogP contribution in [0, 0.1) is 6.92 Å². The molecule has 0 amide bonds. The summed E-state index contributed by atoms with van der Waals surface area (Å²) < 4.78 is 0. The van der Waals surface area contributed by atoms with Crippen molar-refractivity contribution in [3.05, 3.63) is 34.2 Å². The number of nitrogens with zero attached hydrogens (tertiary/aromatic N) is 4. The minimum absolute atomic E-state index is 0.365. The number of aryl methyl sites for hydroxylation is 1. The van der Waals surface area contributed by atoms with Gasteiger partial charge < -0.3 is 10.6 Å². The maximum atomic E-state index is 5.76. The zero-order valence-electron chi connectivity index (χ0n) is 12.3. The Morgan fingerprint density at radius 3 is 2.90 bits per heavy atom. The molecule has 1 aliphatic heterocycles. The lowest BCUT2D eigenvalue weighted by Gasteiger charge is -2.22. The van der Waals surface area contributed by atoms with Crippen LogP contribution in [-0.2, 0) is 6.54 Å². The van der Waals surface area contributed by atoms with Crippen molar-refractivity contribution in [1.82, 2.24) is 14.9 Å². The monoisotopic (exact) mass is 303 g/mol. The number of anilines is 2. The molecule has 2 aromatic rings. The third-order valence-electron chi connectivity index (χ3n) is 3.73. The Morgan fingerprint density at radius 2 is 2.14 bits per heavy atom. The molecule has 0 atom stereocenters. The van der Waals surface area contributed by atoms with Crippen molar-refractivity contribution in [1.29, 1.82) is 0 Å². The van der Waals surface area contributed by atoms with Gasteiger partial charge in [-0.1, -0.05) is 6.07 Å². The van der Waals surface area contributed by atoms with Crippen LogP contribution in [0.1, 0.15) is 17.0 Å². The van der Waals surface area contributed by atoms with Crippen molar-refractivity contribution in [2.24, 2.45) is 0 Å². The van der Waals surface area contributed by atoms with E-state index < -0.39 is 0 Å². The van der Waals surface area contributed by atoms with Crippen LogP contribution < -0.4 is 10.6 Å². The number of rotatable bonds is 3. The second-order valence-electron chi connectivity index (χ2n) is 5.42. The topological polar surface area (TPSA) is 58.3 Å². The van der Waals surface area contributed by atoms with E-state index in [4.69, 9.17) is 5.73 Å². The number of hydrogen-bond donors (Lipinski definition) is 1. The third-order valence-corrected chi connectivity index (χ3v) is 4.59. The fourth-order valence-corrected chi connectivity index (χ4v) is 3.46. The summed E-state index contributed by atoms with van der Waals surface area (Å²) in [4.78, 5) is 14.8. The molecule has 0 unspecified atom stereocenters. The van der Waals surface area contributed by atoms with Gasteiger partial charge in [-0.2, -0.15) is 4.98 Å². The summed E-state index contributed by atoms with van der Waals surface area (Å²) in [5.74, 6) is 1.32. The van der Waals surface area contributed by atoms with Crippen LogP contribution in [0.15, 0.2) is 23.6 Å². The van der Waals surface area contributed by atoms with E-state index in [1.807, 2.05) is 24.3 Å². The van der Waals surface area contributed by atoms with E-state index in [1.165, 1.54) is 4.88 Å². The van der Waals surface area contributed by atoms with E-state index in [-0.39, 0.29) is 0 Å². The first-order valence-corrected chi connectivity index (χ1v) is 8.19. The van der Waals surface area contributed by atoms with Crippen molar-refractivity contribution in [2.45, 2.75) is 19.9 Å². The summed E-state index contributed by atoms with van der Waals surface area (Å²) in [7, 11) is 0. The van der Waals surface area contributed by atoms with E-state index in [2.05, 4.69) is 37.3 Å². The maximum absolute atomic E-state index is 5.76. The molecule has 6 heteroatoms. The van der Waals surface area contributed by atoms with Gasteiger partial charge in [-0.3, -0.25) is 4.90 Å². The largest absolute Gasteiger partial charge is 0.368 e. The van der Waals surface area contributed by atoms with Crippen molar-refractivity contribution in [2.75, 3.05) is 36.8 Å². The maximum Gasteiger partial charge on any atom is 0.222 e. The van der Waals surface area contributed by atoms with Gasteiger partial charge in [-0.05, 0) is 24.8 Å². The number of aromatic nitrogens is 2. The molecule has 1 fully saturated rings. The Hall–Kier alpha value is -1.66. The van der Waals surface area contributed by atoms with Crippen LogP contribution in [0.2, 0.25) is 0 Å². The van der Waals surface area contributed by atoms with Crippen LogP contribution >= 0.6 is 11.3 Å². The van der Waals surface area contributed by atoms with E-state index >= 15 is 0 Å². The average molecular weight is 303 g/mol. The normalized spacial score (nSPS) is 16.9. The quantitative estimate of drug-likeness (QED) is 0.941. The molecule has 0 aromatic carbocycles. The highest BCUT2D eigenvalue weighted by molar-refractivity contribution is 7.09. The molecule has 0 saturated carbocycles. The average Bonchev–Trinajstić information content (AvgIpc) is 2.82. The molecule has 0 aliphatic carbocycles. The predicted molar refractivity (Wildman–Crippen MR) is 87.6 cm³/mol. The first kappa shape index (κ1) is 14.3. The first-order chi connectivity index (χ1) is 10.2. The molecule has 2 N–H and O–H groups in total. The smallest absolute Gasteiger partial charge is 0.222 e. The minimum atomic E-state index is 0.365. The lowest BCUT2D eigenvalue weighted by molar-refractivity contribution is 0.288. The summed E-state index contributed by atoms with van der Waals surface area (Å²) >= 11 is 1.83. The zero-order valence-corrected chi connectivity index (χ0v) is 13.1. The molecule has 2 aromatic heterocycles. The third kappa shape index (κ3) is 3.71. The highest BCUT2D eigenvalue weighted by Gasteiger charge is 2.17. The molecular weight excluding hydrogens is 282 g/mol. The van der Waals surface area contributed by atoms with Gasteiger partial charge in [0.05, 0.1) is 0 Å². The molecule has 112 valence electrons. The molecule has 21 heavy (non-hydrogen) atoms. The number of hydrogen-bond acceptors (Lipinski definition) is 6. The van der Waals surface area contributed by atoms with Crippen LogP contribution in [0.5, 0.6) is 0 Å². The van der Waals surface area contributed by atoms with Gasteiger partial charge in [0.2, 0.25) is 5.95 Å². The summed E-state index contributed by atoms with van der Waals surface area (Å²) in [6.07, 6.45) is 1.15. The van der Waals surface area contributed by atoms with Crippen molar-refractivity contribution < 1.29 is 0 Å². The molecule has 0 radical (unpaired) electrons. The lowest BCUT2D eigenvalue weighted by Crippen LogP contribution is -2.31. The number of nitrogen functional groups attached to an aromatic ring is 1.